The first-order chi connectivity index (χ1) is 5.46. The van der Waals surface area contributed by atoms with E-state index in [-0.39, 0.29) is 0 Å². The van der Waals surface area contributed by atoms with E-state index in [1.165, 1.54) is 12.2 Å². The van der Waals surface area contributed by atoms with E-state index in [1.54, 1.807) is 0 Å². The average Bonchev–Trinajstić information content (AvgIpc) is 2.00. The summed E-state index contributed by atoms with van der Waals surface area (Å²) in [5.74, 6) is -5.16. The van der Waals surface area contributed by atoms with Crippen LogP contribution in [-0.4, -0.2) is 32.0 Å². The van der Waals surface area contributed by atoms with Gasteiger partial charge in [-0.2, -0.15) is 0 Å². The second kappa shape index (κ2) is 3.82. The zero-order valence-corrected chi connectivity index (χ0v) is 7.10. The van der Waals surface area contributed by atoms with Gasteiger partial charge in [-0.3, -0.25) is 0 Å². The van der Waals surface area contributed by atoms with Crippen LogP contribution < -0.4 is 0 Å². The van der Waals surface area contributed by atoms with E-state index in [4.69, 9.17) is 20.4 Å². The van der Waals surface area contributed by atoms with Crippen LogP contribution in [0.1, 0.15) is 13.8 Å². The topological polar surface area (TPSA) is 80.9 Å². The molecule has 0 aromatic heterocycles. The van der Waals surface area contributed by atoms with Gasteiger partial charge >= 0.3 is 0 Å². The molecule has 0 aliphatic heterocycles. The number of hydrogen-bond donors (Lipinski definition) is 4. The van der Waals surface area contributed by atoms with Crippen LogP contribution in [0, 0.1) is 0 Å². The standard InChI is InChI=1S/C6H8O4.C2H6/c7-5(8)3-1-2-4-6(5,9)10;1-2/h1-4,7-10H;1-2H3. The van der Waals surface area contributed by atoms with Gasteiger partial charge in [0, 0.05) is 0 Å². The fourth-order valence-electron chi connectivity index (χ4n) is 0.625. The van der Waals surface area contributed by atoms with E-state index in [9.17, 15) is 0 Å². The highest BCUT2D eigenvalue weighted by molar-refractivity contribution is 5.21. The van der Waals surface area contributed by atoms with Gasteiger partial charge in [0.2, 0.25) is 11.6 Å². The van der Waals surface area contributed by atoms with Crippen LogP contribution in [0.2, 0.25) is 0 Å². The molecule has 1 aliphatic carbocycles. The van der Waals surface area contributed by atoms with E-state index >= 15 is 0 Å². The molecule has 0 aromatic rings. The van der Waals surface area contributed by atoms with Gasteiger partial charge in [-0.1, -0.05) is 26.0 Å². The molecule has 0 amide bonds. The summed E-state index contributed by atoms with van der Waals surface area (Å²) in [6.45, 7) is 4.00. The van der Waals surface area contributed by atoms with Gasteiger partial charge in [0.15, 0.2) is 0 Å². The Labute approximate surface area is 71.1 Å². The van der Waals surface area contributed by atoms with Crippen molar-refractivity contribution in [2.75, 3.05) is 0 Å². The Morgan fingerprint density at radius 2 is 1.00 bits per heavy atom. The normalized spacial score (nSPS) is 22.8. The van der Waals surface area contributed by atoms with Gasteiger partial charge in [-0.05, 0) is 12.2 Å². The van der Waals surface area contributed by atoms with Gasteiger partial charge in [0.25, 0.3) is 0 Å². The van der Waals surface area contributed by atoms with Crippen LogP contribution in [0.4, 0.5) is 0 Å². The van der Waals surface area contributed by atoms with E-state index in [0.717, 1.165) is 12.2 Å². The molecular weight excluding hydrogens is 160 g/mol. The summed E-state index contributed by atoms with van der Waals surface area (Å²) >= 11 is 0. The molecular formula is C8H14O4. The number of allylic oxidation sites excluding steroid dienone is 2. The van der Waals surface area contributed by atoms with Crippen molar-refractivity contribution < 1.29 is 20.4 Å². The van der Waals surface area contributed by atoms with Crippen molar-refractivity contribution in [2.45, 2.75) is 25.4 Å². The Bertz CT molecular complexity index is 169. The molecule has 0 saturated heterocycles. The maximum absolute atomic E-state index is 8.82. The second-order valence-electron chi connectivity index (χ2n) is 2.17. The molecule has 0 saturated carbocycles. The van der Waals surface area contributed by atoms with Gasteiger partial charge in [-0.15, -0.1) is 0 Å². The van der Waals surface area contributed by atoms with Crippen molar-refractivity contribution in [3.8, 4) is 0 Å². The van der Waals surface area contributed by atoms with E-state index in [1.807, 2.05) is 13.8 Å². The maximum atomic E-state index is 8.82. The molecule has 12 heavy (non-hydrogen) atoms. The molecule has 0 bridgehead atoms. The molecule has 0 unspecified atom stereocenters. The molecule has 4 nitrogen and oxygen atoms in total. The van der Waals surface area contributed by atoms with Crippen molar-refractivity contribution in [1.29, 1.82) is 0 Å². The molecule has 0 heterocycles. The van der Waals surface area contributed by atoms with E-state index < -0.39 is 11.6 Å². The van der Waals surface area contributed by atoms with E-state index in [0.29, 0.717) is 0 Å². The fourth-order valence-corrected chi connectivity index (χ4v) is 0.625. The largest absolute Gasteiger partial charge is 0.358 e. The van der Waals surface area contributed by atoms with Gasteiger partial charge in [-0.25, -0.2) is 0 Å². The van der Waals surface area contributed by atoms with Gasteiger partial charge < -0.3 is 20.4 Å². The third kappa shape index (κ3) is 2.15. The first-order valence-electron chi connectivity index (χ1n) is 3.72. The Hall–Kier alpha value is -0.680. The summed E-state index contributed by atoms with van der Waals surface area (Å²) < 4.78 is 0. The van der Waals surface area contributed by atoms with Crippen molar-refractivity contribution in [1.82, 2.24) is 0 Å². The Kier molecular flexibility index (Phi) is 3.60. The minimum absolute atomic E-state index is 0.882. The predicted molar refractivity (Wildman–Crippen MR) is 44.0 cm³/mol. The number of hydrogen-bond acceptors (Lipinski definition) is 4. The summed E-state index contributed by atoms with van der Waals surface area (Å²) in [4.78, 5) is 0. The highest BCUT2D eigenvalue weighted by Crippen LogP contribution is 2.22. The van der Waals surface area contributed by atoms with E-state index in [2.05, 4.69) is 0 Å². The summed E-state index contributed by atoms with van der Waals surface area (Å²) in [6.07, 6.45) is 4.38. The lowest BCUT2D eigenvalue weighted by molar-refractivity contribution is -0.308. The minimum Gasteiger partial charge on any atom is -0.358 e. The SMILES string of the molecule is CC.OC1(O)C=CC=CC1(O)O. The summed E-state index contributed by atoms with van der Waals surface area (Å²) in [5.41, 5.74) is 0. The maximum Gasteiger partial charge on any atom is 0.243 e. The molecule has 0 atom stereocenters. The zero-order valence-electron chi connectivity index (χ0n) is 7.10. The summed E-state index contributed by atoms with van der Waals surface area (Å²) in [7, 11) is 0. The third-order valence-corrected chi connectivity index (χ3v) is 1.31. The molecule has 0 radical (unpaired) electrons. The number of aliphatic hydroxyl groups is 4. The molecule has 0 aromatic carbocycles. The molecule has 4 heteroatoms. The van der Waals surface area contributed by atoms with Crippen LogP contribution >= 0.6 is 0 Å². The van der Waals surface area contributed by atoms with Crippen LogP contribution in [0.5, 0.6) is 0 Å². The zero-order chi connectivity index (χ0) is 9.83. The van der Waals surface area contributed by atoms with Crippen molar-refractivity contribution in [3.05, 3.63) is 24.3 Å². The molecule has 1 aliphatic rings. The first-order valence-corrected chi connectivity index (χ1v) is 3.72. The lowest BCUT2D eigenvalue weighted by atomic mass is 10.0. The summed E-state index contributed by atoms with van der Waals surface area (Å²) in [6, 6.07) is 0. The predicted octanol–water partition coefficient (Wildman–Crippen LogP) is -0.500. The van der Waals surface area contributed by atoms with Gasteiger partial charge in [0.1, 0.15) is 0 Å². The highest BCUT2D eigenvalue weighted by atomic mass is 16.6. The first kappa shape index (κ1) is 11.3. The lowest BCUT2D eigenvalue weighted by Crippen LogP contribution is -2.52. The Morgan fingerprint density at radius 1 is 0.750 bits per heavy atom. The Morgan fingerprint density at radius 3 is 1.17 bits per heavy atom. The highest BCUT2D eigenvalue weighted by Gasteiger charge is 2.44. The van der Waals surface area contributed by atoms with Crippen LogP contribution in [0.3, 0.4) is 0 Å². The average molecular weight is 174 g/mol. The molecule has 0 fully saturated rings. The second-order valence-corrected chi connectivity index (χ2v) is 2.17. The number of rotatable bonds is 0. The lowest BCUT2D eigenvalue weighted by Gasteiger charge is -2.31. The molecule has 70 valence electrons. The summed E-state index contributed by atoms with van der Waals surface area (Å²) in [5, 5.41) is 35.3. The van der Waals surface area contributed by atoms with Crippen molar-refractivity contribution >= 4 is 0 Å². The quantitative estimate of drug-likeness (QED) is 0.373. The van der Waals surface area contributed by atoms with Crippen LogP contribution in [0.25, 0.3) is 0 Å². The Balaban J connectivity index is 0.000000561. The van der Waals surface area contributed by atoms with Gasteiger partial charge in [0.05, 0.1) is 0 Å². The smallest absolute Gasteiger partial charge is 0.243 e. The molecule has 4 N–H and O–H groups in total. The fraction of sp³-hybridized carbons (Fsp3) is 0.500. The molecule has 1 rings (SSSR count). The molecule has 0 spiro atoms. The van der Waals surface area contributed by atoms with Crippen LogP contribution in [0.15, 0.2) is 24.3 Å². The van der Waals surface area contributed by atoms with Crippen molar-refractivity contribution in [3.63, 3.8) is 0 Å². The third-order valence-electron chi connectivity index (χ3n) is 1.31. The minimum atomic E-state index is -2.58. The van der Waals surface area contributed by atoms with Crippen LogP contribution in [-0.2, 0) is 0 Å². The monoisotopic (exact) mass is 174 g/mol. The van der Waals surface area contributed by atoms with Crippen molar-refractivity contribution in [2.24, 2.45) is 0 Å².